The first-order chi connectivity index (χ1) is 5.29. The third-order valence-corrected chi connectivity index (χ3v) is 0.715. The van der Waals surface area contributed by atoms with Crippen LogP contribution in [-0.2, 0) is 9.59 Å². The second kappa shape index (κ2) is 10.2. The first-order valence-electron chi connectivity index (χ1n) is 3.10. The SMILES string of the molecule is CC(O)C(=O)O.CC(O)C(=O)O.[Ca+2].[H-].[H-]. The Morgan fingerprint density at radius 1 is 1.00 bits per heavy atom. The van der Waals surface area contributed by atoms with Crippen molar-refractivity contribution in [2.75, 3.05) is 0 Å². The number of carboxylic acid groups (broad SMARTS) is 2. The molecule has 0 fully saturated rings. The Balaban J connectivity index is -0.0000000370. The van der Waals surface area contributed by atoms with Gasteiger partial charge < -0.3 is 23.3 Å². The van der Waals surface area contributed by atoms with Crippen molar-refractivity contribution in [2.45, 2.75) is 26.1 Å². The summed E-state index contributed by atoms with van der Waals surface area (Å²) in [5.74, 6) is -2.37. The summed E-state index contributed by atoms with van der Waals surface area (Å²) in [5.41, 5.74) is 0. The van der Waals surface area contributed by atoms with E-state index >= 15 is 0 Å². The minimum Gasteiger partial charge on any atom is -1.00 e. The minimum atomic E-state index is -1.23. The molecule has 76 valence electrons. The molecule has 7 heteroatoms. The van der Waals surface area contributed by atoms with E-state index in [-0.39, 0.29) is 40.6 Å². The van der Waals surface area contributed by atoms with Gasteiger partial charge in [-0.3, -0.25) is 0 Å². The quantitative estimate of drug-likeness (QED) is 0.434. The van der Waals surface area contributed by atoms with E-state index < -0.39 is 24.1 Å². The van der Waals surface area contributed by atoms with Crippen molar-refractivity contribution < 1.29 is 32.9 Å². The van der Waals surface area contributed by atoms with Crippen molar-refractivity contribution in [1.82, 2.24) is 0 Å². The molecule has 0 spiro atoms. The molecule has 0 aromatic heterocycles. The normalized spacial score (nSPS) is 12.6. The second-order valence-electron chi connectivity index (χ2n) is 2.03. The van der Waals surface area contributed by atoms with Crippen molar-refractivity contribution in [3.05, 3.63) is 0 Å². The predicted molar refractivity (Wildman–Crippen MR) is 46.6 cm³/mol. The molecule has 0 radical (unpaired) electrons. The van der Waals surface area contributed by atoms with Gasteiger partial charge in [0.25, 0.3) is 0 Å². The molecule has 4 N–H and O–H groups in total. The summed E-state index contributed by atoms with van der Waals surface area (Å²) < 4.78 is 0. The van der Waals surface area contributed by atoms with Gasteiger partial charge >= 0.3 is 49.7 Å². The molecular formula is C6H14CaO6. The number of aliphatic carboxylic acids is 2. The zero-order valence-electron chi connectivity index (χ0n) is 9.47. The number of hydrogen-bond donors (Lipinski definition) is 4. The number of aliphatic hydroxyl groups excluding tert-OH is 2. The van der Waals surface area contributed by atoms with Crippen molar-refractivity contribution in [1.29, 1.82) is 0 Å². The van der Waals surface area contributed by atoms with Crippen LogP contribution in [-0.4, -0.2) is 82.3 Å². The molecule has 2 atom stereocenters. The number of rotatable bonds is 2. The second-order valence-corrected chi connectivity index (χ2v) is 2.03. The van der Waals surface area contributed by atoms with Crippen LogP contribution in [0.4, 0.5) is 0 Å². The van der Waals surface area contributed by atoms with Gasteiger partial charge in [0.15, 0.2) is 0 Å². The van der Waals surface area contributed by atoms with Crippen LogP contribution in [0, 0.1) is 0 Å². The van der Waals surface area contributed by atoms with Crippen LogP contribution < -0.4 is 0 Å². The molecule has 0 saturated carbocycles. The Morgan fingerprint density at radius 3 is 1.08 bits per heavy atom. The average molecular weight is 222 g/mol. The van der Waals surface area contributed by atoms with Gasteiger partial charge in [0, 0.05) is 0 Å². The first kappa shape index (κ1) is 18.8. The van der Waals surface area contributed by atoms with E-state index in [0.717, 1.165) is 0 Å². The number of carbonyl (C=O) groups is 2. The molecule has 0 bridgehead atoms. The Labute approximate surface area is 108 Å². The number of aliphatic hydroxyl groups is 2. The standard InChI is InChI=1S/2C3H6O3.Ca.2H/c2*1-2(4)3(5)6;;;/h2*2,4H,1H3,(H,5,6);;;/q;;+2;2*-1. The van der Waals surface area contributed by atoms with Gasteiger partial charge in [0.2, 0.25) is 0 Å². The van der Waals surface area contributed by atoms with E-state index in [1.54, 1.807) is 0 Å². The molecule has 0 amide bonds. The fraction of sp³-hybridized carbons (Fsp3) is 0.667. The Morgan fingerprint density at radius 2 is 1.08 bits per heavy atom. The fourth-order valence-electron chi connectivity index (χ4n) is 0. The molecule has 0 heterocycles. The third-order valence-electron chi connectivity index (χ3n) is 0.715. The molecule has 0 aliphatic heterocycles. The average Bonchev–Trinajstić information content (AvgIpc) is 1.88. The summed E-state index contributed by atoms with van der Waals surface area (Å²) in [6.07, 6.45) is -2.46. The molecule has 0 aliphatic rings. The Hall–Kier alpha value is 0.120. The molecular weight excluding hydrogens is 208 g/mol. The van der Waals surface area contributed by atoms with Gasteiger partial charge in [-0.2, -0.15) is 0 Å². The van der Waals surface area contributed by atoms with E-state index in [0.29, 0.717) is 0 Å². The monoisotopic (exact) mass is 222 g/mol. The maximum atomic E-state index is 9.45. The molecule has 0 aromatic rings. The van der Waals surface area contributed by atoms with E-state index in [1.807, 2.05) is 0 Å². The van der Waals surface area contributed by atoms with Gasteiger partial charge in [0.05, 0.1) is 0 Å². The summed E-state index contributed by atoms with van der Waals surface area (Å²) in [5, 5.41) is 31.5. The van der Waals surface area contributed by atoms with E-state index in [4.69, 9.17) is 20.4 Å². The zero-order chi connectivity index (χ0) is 10.3. The van der Waals surface area contributed by atoms with E-state index in [2.05, 4.69) is 0 Å². The van der Waals surface area contributed by atoms with Crippen LogP contribution in [0.2, 0.25) is 0 Å². The molecule has 2 unspecified atom stereocenters. The van der Waals surface area contributed by atoms with Crippen LogP contribution in [0.15, 0.2) is 0 Å². The summed E-state index contributed by atoms with van der Waals surface area (Å²) in [7, 11) is 0. The van der Waals surface area contributed by atoms with Crippen LogP contribution >= 0.6 is 0 Å². The molecule has 0 saturated heterocycles. The zero-order valence-corrected chi connectivity index (χ0v) is 9.68. The van der Waals surface area contributed by atoms with E-state index in [9.17, 15) is 9.59 Å². The van der Waals surface area contributed by atoms with Gasteiger partial charge in [-0.15, -0.1) is 0 Å². The van der Waals surface area contributed by atoms with Gasteiger partial charge in [0.1, 0.15) is 12.2 Å². The first-order valence-corrected chi connectivity index (χ1v) is 3.10. The summed E-state index contributed by atoms with van der Waals surface area (Å²) in [6, 6.07) is 0. The molecule has 0 aromatic carbocycles. The van der Waals surface area contributed by atoms with Crippen molar-refractivity contribution in [3.8, 4) is 0 Å². The maximum absolute atomic E-state index is 9.45. The van der Waals surface area contributed by atoms with Crippen molar-refractivity contribution >= 4 is 49.7 Å². The third kappa shape index (κ3) is 18.8. The minimum absolute atomic E-state index is 0. The predicted octanol–water partition coefficient (Wildman–Crippen LogP) is -1.25. The molecule has 13 heavy (non-hydrogen) atoms. The molecule has 6 nitrogen and oxygen atoms in total. The number of carboxylic acids is 2. The topological polar surface area (TPSA) is 115 Å². The van der Waals surface area contributed by atoms with Crippen LogP contribution in [0.1, 0.15) is 16.7 Å². The number of hydrogen-bond acceptors (Lipinski definition) is 4. The van der Waals surface area contributed by atoms with Crippen LogP contribution in [0.3, 0.4) is 0 Å². The van der Waals surface area contributed by atoms with Crippen molar-refractivity contribution in [2.24, 2.45) is 0 Å². The molecule has 0 rings (SSSR count). The summed E-state index contributed by atoms with van der Waals surface area (Å²) in [4.78, 5) is 18.9. The van der Waals surface area contributed by atoms with Crippen molar-refractivity contribution in [3.63, 3.8) is 0 Å². The van der Waals surface area contributed by atoms with Gasteiger partial charge in [-0.05, 0) is 13.8 Å². The summed E-state index contributed by atoms with van der Waals surface area (Å²) in [6.45, 7) is 2.39. The van der Waals surface area contributed by atoms with Gasteiger partial charge in [-0.25, -0.2) is 9.59 Å². The smallest absolute Gasteiger partial charge is 1.00 e. The Kier molecular flexibility index (Phi) is 14.8. The fourth-order valence-corrected chi connectivity index (χ4v) is 0. The Bertz CT molecular complexity index is 146. The van der Waals surface area contributed by atoms with Gasteiger partial charge in [-0.1, -0.05) is 0 Å². The molecule has 0 aliphatic carbocycles. The largest absolute Gasteiger partial charge is 2.00 e. The van der Waals surface area contributed by atoms with Crippen LogP contribution in [0.25, 0.3) is 0 Å². The van der Waals surface area contributed by atoms with E-state index in [1.165, 1.54) is 13.8 Å². The maximum Gasteiger partial charge on any atom is 2.00 e. The van der Waals surface area contributed by atoms with Crippen LogP contribution in [0.5, 0.6) is 0 Å². The summed E-state index contributed by atoms with van der Waals surface area (Å²) >= 11 is 0.